The molecule has 1 aliphatic rings. The molecule has 0 unspecified atom stereocenters. The molecule has 2 N–H and O–H groups in total. The van der Waals surface area contributed by atoms with Crippen LogP contribution in [0, 0.1) is 6.92 Å². The lowest BCUT2D eigenvalue weighted by Gasteiger charge is -2.13. The molecular weight excluding hydrogens is 214 g/mol. The van der Waals surface area contributed by atoms with Gasteiger partial charge in [-0.25, -0.2) is 9.97 Å². The minimum Gasteiger partial charge on any atom is -0.368 e. The van der Waals surface area contributed by atoms with E-state index in [1.165, 1.54) is 24.2 Å². The Morgan fingerprint density at radius 3 is 2.88 bits per heavy atom. The first-order valence-electron chi connectivity index (χ1n) is 5.90. The maximum absolute atomic E-state index is 5.69. The summed E-state index contributed by atoms with van der Waals surface area (Å²) < 4.78 is 2.04. The van der Waals surface area contributed by atoms with Crippen molar-refractivity contribution < 1.29 is 0 Å². The van der Waals surface area contributed by atoms with Crippen molar-refractivity contribution in [3.63, 3.8) is 0 Å². The molecule has 2 aromatic heterocycles. The van der Waals surface area contributed by atoms with Gasteiger partial charge in [0.05, 0.1) is 5.69 Å². The highest BCUT2D eigenvalue weighted by Crippen LogP contribution is 2.22. The zero-order chi connectivity index (χ0) is 11.8. The number of nitrogen functional groups attached to an aromatic ring is 1. The summed E-state index contributed by atoms with van der Waals surface area (Å²) in [7, 11) is 0. The third kappa shape index (κ3) is 1.77. The Hall–Kier alpha value is -1.91. The zero-order valence-corrected chi connectivity index (χ0v) is 9.85. The van der Waals surface area contributed by atoms with Gasteiger partial charge < -0.3 is 5.73 Å². The molecular formula is C12H15N5. The number of anilines is 1. The number of fused-ring (bicyclic) bond motifs is 1. The van der Waals surface area contributed by atoms with Crippen LogP contribution in [0.4, 0.5) is 5.95 Å². The summed E-state index contributed by atoms with van der Waals surface area (Å²) in [4.78, 5) is 12.8. The number of nitrogens with zero attached hydrogens (tertiary/aromatic N) is 4. The molecule has 0 spiro atoms. The molecule has 0 saturated heterocycles. The summed E-state index contributed by atoms with van der Waals surface area (Å²) in [6.07, 6.45) is 6.44. The number of nitrogens with two attached hydrogens (primary N) is 1. The third-order valence-corrected chi connectivity index (χ3v) is 3.13. The standard InChI is InChI=1S/C12H15N5/c1-8-6-11(16-12(13)15-8)17-7-14-9-4-2-3-5-10(9)17/h6-7H,2-5H2,1H3,(H2,13,15,16). The summed E-state index contributed by atoms with van der Waals surface area (Å²) >= 11 is 0. The Bertz CT molecular complexity index is 538. The van der Waals surface area contributed by atoms with E-state index >= 15 is 0 Å². The first-order chi connectivity index (χ1) is 8.24. The summed E-state index contributed by atoms with van der Waals surface area (Å²) in [6.45, 7) is 1.92. The van der Waals surface area contributed by atoms with Crippen LogP contribution in [0.15, 0.2) is 12.4 Å². The van der Waals surface area contributed by atoms with Crippen molar-refractivity contribution >= 4 is 5.95 Å². The lowest BCUT2D eigenvalue weighted by molar-refractivity contribution is 0.654. The SMILES string of the molecule is Cc1cc(-n2cnc3c2CCCC3)nc(N)n1. The highest BCUT2D eigenvalue weighted by molar-refractivity contribution is 5.35. The summed E-state index contributed by atoms with van der Waals surface area (Å²) in [5, 5.41) is 0. The summed E-state index contributed by atoms with van der Waals surface area (Å²) in [5.74, 6) is 1.14. The van der Waals surface area contributed by atoms with Crippen molar-refractivity contribution in [2.24, 2.45) is 0 Å². The quantitative estimate of drug-likeness (QED) is 0.803. The second-order valence-electron chi connectivity index (χ2n) is 4.44. The molecule has 88 valence electrons. The van der Waals surface area contributed by atoms with E-state index in [1.54, 1.807) is 0 Å². The molecule has 0 bridgehead atoms. The highest BCUT2D eigenvalue weighted by Gasteiger charge is 2.16. The molecule has 0 fully saturated rings. The van der Waals surface area contributed by atoms with Gasteiger partial charge in [0, 0.05) is 17.5 Å². The van der Waals surface area contributed by atoms with Gasteiger partial charge in [-0.2, -0.15) is 4.98 Å². The van der Waals surface area contributed by atoms with Gasteiger partial charge in [-0.15, -0.1) is 0 Å². The number of hydrogen-bond acceptors (Lipinski definition) is 4. The van der Waals surface area contributed by atoms with Crippen molar-refractivity contribution in [2.45, 2.75) is 32.6 Å². The number of aryl methyl sites for hydroxylation is 2. The minimum atomic E-state index is 0.318. The molecule has 0 atom stereocenters. The Morgan fingerprint density at radius 1 is 1.24 bits per heavy atom. The molecule has 3 rings (SSSR count). The molecule has 0 radical (unpaired) electrons. The second kappa shape index (κ2) is 3.84. The highest BCUT2D eigenvalue weighted by atomic mass is 15.2. The van der Waals surface area contributed by atoms with Gasteiger partial charge >= 0.3 is 0 Å². The largest absolute Gasteiger partial charge is 0.368 e. The molecule has 2 heterocycles. The Balaban J connectivity index is 2.11. The third-order valence-electron chi connectivity index (χ3n) is 3.13. The zero-order valence-electron chi connectivity index (χ0n) is 9.85. The van der Waals surface area contributed by atoms with Gasteiger partial charge in [0.1, 0.15) is 12.1 Å². The fraction of sp³-hybridized carbons (Fsp3) is 0.417. The first-order valence-corrected chi connectivity index (χ1v) is 5.90. The normalized spacial score (nSPS) is 14.6. The number of aromatic nitrogens is 4. The second-order valence-corrected chi connectivity index (χ2v) is 4.44. The fourth-order valence-corrected chi connectivity index (χ4v) is 2.36. The van der Waals surface area contributed by atoms with E-state index in [9.17, 15) is 0 Å². The summed E-state index contributed by atoms with van der Waals surface area (Å²) in [5.41, 5.74) is 9.04. The van der Waals surface area contributed by atoms with Crippen LogP contribution >= 0.6 is 0 Å². The van der Waals surface area contributed by atoms with Crippen molar-refractivity contribution in [1.29, 1.82) is 0 Å². The minimum absolute atomic E-state index is 0.318. The van der Waals surface area contributed by atoms with Gasteiger partial charge in [0.2, 0.25) is 5.95 Å². The van der Waals surface area contributed by atoms with Crippen molar-refractivity contribution in [3.05, 3.63) is 29.5 Å². The van der Waals surface area contributed by atoms with Crippen LogP contribution in [0.3, 0.4) is 0 Å². The lowest BCUT2D eigenvalue weighted by Crippen LogP contribution is -2.09. The molecule has 0 aromatic carbocycles. The average molecular weight is 229 g/mol. The van der Waals surface area contributed by atoms with E-state index in [2.05, 4.69) is 15.0 Å². The van der Waals surface area contributed by atoms with E-state index in [-0.39, 0.29) is 0 Å². The Labute approximate surface area is 99.7 Å². The molecule has 5 nitrogen and oxygen atoms in total. The predicted octanol–water partition coefficient (Wildman–Crippen LogP) is 1.43. The number of imidazole rings is 1. The monoisotopic (exact) mass is 229 g/mol. The van der Waals surface area contributed by atoms with E-state index in [0.717, 1.165) is 24.4 Å². The van der Waals surface area contributed by atoms with Crippen LogP contribution in [0.5, 0.6) is 0 Å². The van der Waals surface area contributed by atoms with Crippen molar-refractivity contribution in [2.75, 3.05) is 5.73 Å². The van der Waals surface area contributed by atoms with Crippen LogP contribution in [-0.4, -0.2) is 19.5 Å². The maximum Gasteiger partial charge on any atom is 0.222 e. The molecule has 5 heteroatoms. The molecule has 17 heavy (non-hydrogen) atoms. The number of hydrogen-bond donors (Lipinski definition) is 1. The molecule has 0 aliphatic heterocycles. The Morgan fingerprint density at radius 2 is 2.06 bits per heavy atom. The smallest absolute Gasteiger partial charge is 0.222 e. The van der Waals surface area contributed by atoms with Crippen LogP contribution in [0.2, 0.25) is 0 Å². The van der Waals surface area contributed by atoms with Crippen LogP contribution < -0.4 is 5.73 Å². The topological polar surface area (TPSA) is 69.6 Å². The lowest BCUT2D eigenvalue weighted by atomic mass is 10.0. The van der Waals surface area contributed by atoms with E-state index in [1.807, 2.05) is 23.9 Å². The van der Waals surface area contributed by atoms with Gasteiger partial charge in [0.15, 0.2) is 0 Å². The first kappa shape index (κ1) is 10.3. The van der Waals surface area contributed by atoms with E-state index < -0.39 is 0 Å². The van der Waals surface area contributed by atoms with Crippen LogP contribution in [0.1, 0.15) is 29.9 Å². The molecule has 1 aliphatic carbocycles. The molecule has 0 amide bonds. The van der Waals surface area contributed by atoms with Gasteiger partial charge in [-0.1, -0.05) is 0 Å². The van der Waals surface area contributed by atoms with Gasteiger partial charge in [0.25, 0.3) is 0 Å². The molecule has 2 aromatic rings. The van der Waals surface area contributed by atoms with Gasteiger partial charge in [-0.05, 0) is 32.6 Å². The fourth-order valence-electron chi connectivity index (χ4n) is 2.36. The predicted molar refractivity (Wildman–Crippen MR) is 64.9 cm³/mol. The van der Waals surface area contributed by atoms with Crippen LogP contribution in [0.25, 0.3) is 5.82 Å². The average Bonchev–Trinajstić information content (AvgIpc) is 2.71. The Kier molecular flexibility index (Phi) is 2.31. The van der Waals surface area contributed by atoms with Gasteiger partial charge in [-0.3, -0.25) is 4.57 Å². The maximum atomic E-state index is 5.69. The van der Waals surface area contributed by atoms with Crippen LogP contribution in [-0.2, 0) is 12.8 Å². The van der Waals surface area contributed by atoms with E-state index in [0.29, 0.717) is 5.95 Å². The summed E-state index contributed by atoms with van der Waals surface area (Å²) in [6, 6.07) is 1.94. The van der Waals surface area contributed by atoms with Crippen molar-refractivity contribution in [1.82, 2.24) is 19.5 Å². The number of rotatable bonds is 1. The van der Waals surface area contributed by atoms with Crippen molar-refractivity contribution in [3.8, 4) is 5.82 Å². The molecule has 0 saturated carbocycles. The van der Waals surface area contributed by atoms with E-state index in [4.69, 9.17) is 5.73 Å².